The van der Waals surface area contributed by atoms with Crippen molar-refractivity contribution >= 4 is 17.4 Å². The summed E-state index contributed by atoms with van der Waals surface area (Å²) >= 11 is 0. The highest BCUT2D eigenvalue weighted by Crippen LogP contribution is 2.01. The van der Waals surface area contributed by atoms with Crippen molar-refractivity contribution in [3.8, 4) is 0 Å². The average Bonchev–Trinajstić information content (AvgIpc) is 2.21. The third kappa shape index (κ3) is 17.1. The first kappa shape index (κ1) is 17.8. The van der Waals surface area contributed by atoms with Gasteiger partial charge in [-0.1, -0.05) is 52.4 Å². The number of hydrogen-bond acceptors (Lipinski definition) is 2. The van der Waals surface area contributed by atoms with E-state index in [1.54, 1.807) is 0 Å². The zero-order valence-corrected chi connectivity index (χ0v) is 9.89. The van der Waals surface area contributed by atoms with Crippen LogP contribution in [-0.2, 0) is 9.78 Å². The van der Waals surface area contributed by atoms with Crippen molar-refractivity contribution < 1.29 is 9.78 Å². The zero-order chi connectivity index (χ0) is 10.5. The molecule has 0 aliphatic rings. The van der Waals surface area contributed by atoms with Gasteiger partial charge in [0.2, 0.25) is 0 Å². The van der Waals surface area contributed by atoms with Crippen LogP contribution in [0.2, 0.25) is 0 Å². The molecule has 0 aromatic rings. The SMILES string of the molecule is CCCCCCOOCCCCCC.[AlH3]. The predicted molar refractivity (Wildman–Crippen MR) is 70.1 cm³/mol. The molecule has 0 spiro atoms. The van der Waals surface area contributed by atoms with E-state index in [4.69, 9.17) is 9.78 Å². The van der Waals surface area contributed by atoms with E-state index in [1.165, 1.54) is 38.5 Å². The Balaban J connectivity index is 0. The Labute approximate surface area is 106 Å². The van der Waals surface area contributed by atoms with Crippen molar-refractivity contribution in [1.29, 1.82) is 0 Å². The van der Waals surface area contributed by atoms with Gasteiger partial charge in [-0.3, -0.25) is 0 Å². The van der Waals surface area contributed by atoms with E-state index in [9.17, 15) is 0 Å². The number of rotatable bonds is 11. The van der Waals surface area contributed by atoms with Gasteiger partial charge < -0.3 is 0 Å². The normalized spacial score (nSPS) is 10.0. The summed E-state index contributed by atoms with van der Waals surface area (Å²) in [6, 6.07) is 0. The van der Waals surface area contributed by atoms with Crippen molar-refractivity contribution in [2.24, 2.45) is 0 Å². The summed E-state index contributed by atoms with van der Waals surface area (Å²) in [6.45, 7) is 5.94. The Morgan fingerprint density at radius 1 is 0.600 bits per heavy atom. The van der Waals surface area contributed by atoms with Gasteiger partial charge in [0.1, 0.15) is 0 Å². The molecule has 3 heteroatoms. The Kier molecular flexibility index (Phi) is 20.1. The van der Waals surface area contributed by atoms with Crippen LogP contribution in [0.4, 0.5) is 0 Å². The van der Waals surface area contributed by atoms with Gasteiger partial charge in [0, 0.05) is 0 Å². The molecular weight excluding hydrogens is 203 g/mol. The van der Waals surface area contributed by atoms with Gasteiger partial charge in [0.25, 0.3) is 0 Å². The molecule has 0 rings (SSSR count). The maximum Gasteiger partial charge on any atom is 0.187 e. The van der Waals surface area contributed by atoms with Gasteiger partial charge in [0.15, 0.2) is 17.4 Å². The molecular formula is C12H29AlO2. The van der Waals surface area contributed by atoms with Gasteiger partial charge >= 0.3 is 0 Å². The molecule has 0 aromatic heterocycles. The maximum atomic E-state index is 5.06. The monoisotopic (exact) mass is 232 g/mol. The Morgan fingerprint density at radius 3 is 1.33 bits per heavy atom. The molecule has 0 radical (unpaired) electrons. The smallest absolute Gasteiger partial charge is 0.187 e. The topological polar surface area (TPSA) is 18.5 Å². The van der Waals surface area contributed by atoms with Crippen LogP contribution in [-0.4, -0.2) is 30.6 Å². The van der Waals surface area contributed by atoms with E-state index < -0.39 is 0 Å². The molecule has 0 bridgehead atoms. The average molecular weight is 232 g/mol. The molecule has 0 unspecified atom stereocenters. The Bertz CT molecular complexity index is 87.6. The lowest BCUT2D eigenvalue weighted by Crippen LogP contribution is -1.98. The molecule has 0 fully saturated rings. The first-order chi connectivity index (χ1) is 6.91. The van der Waals surface area contributed by atoms with Crippen LogP contribution >= 0.6 is 0 Å². The van der Waals surface area contributed by atoms with Crippen molar-refractivity contribution in [2.75, 3.05) is 13.2 Å². The summed E-state index contributed by atoms with van der Waals surface area (Å²) in [6.07, 6.45) is 9.94. The van der Waals surface area contributed by atoms with E-state index >= 15 is 0 Å². The van der Waals surface area contributed by atoms with Gasteiger partial charge in [0.05, 0.1) is 13.2 Å². The van der Waals surface area contributed by atoms with Crippen LogP contribution in [0.3, 0.4) is 0 Å². The fraction of sp³-hybridized carbons (Fsp3) is 1.00. The first-order valence-electron chi connectivity index (χ1n) is 6.16. The summed E-state index contributed by atoms with van der Waals surface area (Å²) < 4.78 is 0. The highest BCUT2D eigenvalue weighted by Gasteiger charge is 1.91. The minimum atomic E-state index is 0. The highest BCUT2D eigenvalue weighted by molar-refractivity contribution is 5.75. The van der Waals surface area contributed by atoms with E-state index in [-0.39, 0.29) is 17.4 Å². The van der Waals surface area contributed by atoms with E-state index in [2.05, 4.69) is 13.8 Å². The fourth-order valence-electron chi connectivity index (χ4n) is 1.29. The summed E-state index contributed by atoms with van der Waals surface area (Å²) in [5.41, 5.74) is 0. The maximum absolute atomic E-state index is 5.06. The molecule has 0 saturated heterocycles. The minimum absolute atomic E-state index is 0. The summed E-state index contributed by atoms with van der Waals surface area (Å²) in [4.78, 5) is 10.1. The van der Waals surface area contributed by atoms with Crippen LogP contribution < -0.4 is 0 Å². The van der Waals surface area contributed by atoms with Gasteiger partial charge in [-0.05, 0) is 12.8 Å². The standard InChI is InChI=1S/C12H26O2.Al.3H/c1-3-5-7-9-11-13-14-12-10-8-6-4-2;;;;/h3-12H2,1-2H3;;;;. The fourth-order valence-corrected chi connectivity index (χ4v) is 1.29. The van der Waals surface area contributed by atoms with Crippen LogP contribution in [0.25, 0.3) is 0 Å². The summed E-state index contributed by atoms with van der Waals surface area (Å²) in [5, 5.41) is 0. The highest BCUT2D eigenvalue weighted by atomic mass is 27.0. The van der Waals surface area contributed by atoms with Crippen molar-refractivity contribution in [2.45, 2.75) is 65.2 Å². The number of hydrogen-bond donors (Lipinski definition) is 0. The zero-order valence-electron chi connectivity index (χ0n) is 9.89. The third-order valence-electron chi connectivity index (χ3n) is 2.25. The second-order valence-electron chi connectivity index (χ2n) is 3.77. The Morgan fingerprint density at radius 2 is 1.00 bits per heavy atom. The van der Waals surface area contributed by atoms with Crippen molar-refractivity contribution in [1.82, 2.24) is 0 Å². The predicted octanol–water partition coefficient (Wildman–Crippen LogP) is 2.91. The molecule has 15 heavy (non-hydrogen) atoms. The summed E-state index contributed by atoms with van der Waals surface area (Å²) in [7, 11) is 0. The molecule has 0 atom stereocenters. The van der Waals surface area contributed by atoms with E-state index in [0.29, 0.717) is 0 Å². The molecule has 2 nitrogen and oxygen atoms in total. The van der Waals surface area contributed by atoms with Crippen LogP contribution in [0.1, 0.15) is 65.2 Å². The second kappa shape index (κ2) is 16.9. The molecule has 0 aliphatic heterocycles. The molecule has 92 valence electrons. The second-order valence-corrected chi connectivity index (χ2v) is 3.77. The van der Waals surface area contributed by atoms with Crippen molar-refractivity contribution in [3.63, 3.8) is 0 Å². The largest absolute Gasteiger partial charge is 0.237 e. The Hall–Kier alpha value is 0.452. The van der Waals surface area contributed by atoms with Gasteiger partial charge in [-0.15, -0.1) is 0 Å². The van der Waals surface area contributed by atoms with Gasteiger partial charge in [-0.25, -0.2) is 9.78 Å². The van der Waals surface area contributed by atoms with E-state index in [1.807, 2.05) is 0 Å². The minimum Gasteiger partial charge on any atom is -0.237 e. The molecule has 0 heterocycles. The van der Waals surface area contributed by atoms with Crippen LogP contribution in [0.15, 0.2) is 0 Å². The lowest BCUT2D eigenvalue weighted by molar-refractivity contribution is -0.295. The molecule has 0 N–H and O–H groups in total. The van der Waals surface area contributed by atoms with Gasteiger partial charge in [-0.2, -0.15) is 0 Å². The summed E-state index contributed by atoms with van der Waals surface area (Å²) in [5.74, 6) is 0. The lowest BCUT2D eigenvalue weighted by atomic mass is 10.2. The molecule has 0 saturated carbocycles. The molecule has 0 aliphatic carbocycles. The van der Waals surface area contributed by atoms with Crippen LogP contribution in [0.5, 0.6) is 0 Å². The molecule has 0 amide bonds. The quantitative estimate of drug-likeness (QED) is 0.236. The lowest BCUT2D eigenvalue weighted by Gasteiger charge is -2.03. The van der Waals surface area contributed by atoms with Crippen molar-refractivity contribution in [3.05, 3.63) is 0 Å². The first-order valence-corrected chi connectivity index (χ1v) is 6.16. The third-order valence-corrected chi connectivity index (χ3v) is 2.25. The van der Waals surface area contributed by atoms with E-state index in [0.717, 1.165) is 26.1 Å². The van der Waals surface area contributed by atoms with Crippen LogP contribution in [0, 0.1) is 0 Å². The molecule has 0 aromatic carbocycles. The number of unbranched alkanes of at least 4 members (excludes halogenated alkanes) is 6.